The molecule has 0 spiro atoms. The summed E-state index contributed by atoms with van der Waals surface area (Å²) in [7, 11) is 0. The van der Waals surface area contributed by atoms with Crippen LogP contribution in [0.25, 0.3) is 0 Å². The number of nitrogens with two attached hydrogens (primary N) is 1. The molecule has 96 valence electrons. The Bertz CT molecular complexity index is 429. The second-order valence-corrected chi connectivity index (χ2v) is 5.49. The van der Waals surface area contributed by atoms with E-state index in [9.17, 15) is 4.79 Å². The Hall–Kier alpha value is -1.58. The number of aromatic nitrogens is 1. The van der Waals surface area contributed by atoms with Gasteiger partial charge in [-0.2, -0.15) is 0 Å². The first-order valence-electron chi connectivity index (χ1n) is 6.75. The summed E-state index contributed by atoms with van der Waals surface area (Å²) in [5, 5.41) is 0. The standard InChI is InChI=1S/C14H19N3O/c15-12-5-6-13(16-7-12)14(18)17-8-10-3-1-2-4-11(10)9-17/h5-7,10-11H,1-4,8-9,15H2. The molecule has 0 aromatic carbocycles. The number of nitrogens with zero attached hydrogens (tertiary/aromatic N) is 2. The van der Waals surface area contributed by atoms with Crippen molar-refractivity contribution in [2.75, 3.05) is 18.8 Å². The van der Waals surface area contributed by atoms with Crippen LogP contribution < -0.4 is 5.73 Å². The highest BCUT2D eigenvalue weighted by Gasteiger charge is 2.36. The molecular formula is C14H19N3O. The summed E-state index contributed by atoms with van der Waals surface area (Å²) in [6.07, 6.45) is 6.76. The Balaban J connectivity index is 1.72. The van der Waals surface area contributed by atoms with E-state index in [4.69, 9.17) is 5.73 Å². The molecule has 1 aromatic rings. The van der Waals surface area contributed by atoms with Gasteiger partial charge in [-0.3, -0.25) is 4.79 Å². The lowest BCUT2D eigenvalue weighted by atomic mass is 9.82. The predicted octanol–water partition coefficient (Wildman–Crippen LogP) is 1.93. The van der Waals surface area contributed by atoms with Gasteiger partial charge < -0.3 is 10.6 Å². The number of rotatable bonds is 1. The minimum absolute atomic E-state index is 0.0596. The van der Waals surface area contributed by atoms with Gasteiger partial charge in [0.05, 0.1) is 11.9 Å². The molecule has 2 atom stereocenters. The summed E-state index contributed by atoms with van der Waals surface area (Å²) in [5.41, 5.74) is 6.70. The molecule has 2 aliphatic rings. The Kier molecular flexibility index (Phi) is 2.94. The maximum atomic E-state index is 12.3. The van der Waals surface area contributed by atoms with Crippen molar-refractivity contribution in [3.8, 4) is 0 Å². The molecular weight excluding hydrogens is 226 g/mol. The van der Waals surface area contributed by atoms with Gasteiger partial charge in [0, 0.05) is 13.1 Å². The van der Waals surface area contributed by atoms with Gasteiger partial charge in [0.25, 0.3) is 5.91 Å². The van der Waals surface area contributed by atoms with E-state index in [-0.39, 0.29) is 5.91 Å². The van der Waals surface area contributed by atoms with Crippen LogP contribution in [0.3, 0.4) is 0 Å². The van der Waals surface area contributed by atoms with Crippen LogP contribution >= 0.6 is 0 Å². The average Bonchev–Trinajstić information content (AvgIpc) is 2.82. The van der Waals surface area contributed by atoms with Crippen LogP contribution in [0.15, 0.2) is 18.3 Å². The molecule has 4 heteroatoms. The smallest absolute Gasteiger partial charge is 0.272 e. The summed E-state index contributed by atoms with van der Waals surface area (Å²) in [6.45, 7) is 1.82. The van der Waals surface area contributed by atoms with E-state index < -0.39 is 0 Å². The summed E-state index contributed by atoms with van der Waals surface area (Å²) in [6, 6.07) is 3.46. The van der Waals surface area contributed by atoms with Crippen molar-refractivity contribution in [3.63, 3.8) is 0 Å². The number of pyridine rings is 1. The SMILES string of the molecule is Nc1ccc(C(=O)N2CC3CCCCC3C2)nc1. The first-order chi connectivity index (χ1) is 8.74. The van der Waals surface area contributed by atoms with E-state index in [1.165, 1.54) is 25.7 Å². The second-order valence-electron chi connectivity index (χ2n) is 5.49. The highest BCUT2D eigenvalue weighted by molar-refractivity contribution is 5.92. The monoisotopic (exact) mass is 245 g/mol. The van der Waals surface area contributed by atoms with Crippen molar-refractivity contribution < 1.29 is 4.79 Å². The number of hydrogen-bond acceptors (Lipinski definition) is 3. The van der Waals surface area contributed by atoms with E-state index in [2.05, 4.69) is 4.98 Å². The van der Waals surface area contributed by atoms with Crippen LogP contribution in [0.4, 0.5) is 5.69 Å². The summed E-state index contributed by atoms with van der Waals surface area (Å²) in [5.74, 6) is 1.50. The van der Waals surface area contributed by atoms with Crippen molar-refractivity contribution >= 4 is 11.6 Å². The number of likely N-dealkylation sites (tertiary alicyclic amines) is 1. The first-order valence-corrected chi connectivity index (χ1v) is 6.75. The molecule has 1 aliphatic heterocycles. The number of amides is 1. The Morgan fingerprint density at radius 1 is 1.22 bits per heavy atom. The number of carbonyl (C=O) groups excluding carboxylic acids is 1. The van der Waals surface area contributed by atoms with Crippen LogP contribution in [0.5, 0.6) is 0 Å². The van der Waals surface area contributed by atoms with Gasteiger partial charge in [0.15, 0.2) is 0 Å². The zero-order chi connectivity index (χ0) is 12.5. The number of nitrogen functional groups attached to an aromatic ring is 1. The third kappa shape index (κ3) is 2.07. The van der Waals surface area contributed by atoms with Crippen LogP contribution in [-0.2, 0) is 0 Å². The molecule has 2 fully saturated rings. The Morgan fingerprint density at radius 2 is 1.89 bits per heavy atom. The molecule has 4 nitrogen and oxygen atoms in total. The highest BCUT2D eigenvalue weighted by Crippen LogP contribution is 2.36. The van der Waals surface area contributed by atoms with Gasteiger partial charge in [0.1, 0.15) is 5.69 Å². The maximum absolute atomic E-state index is 12.3. The van der Waals surface area contributed by atoms with E-state index in [1.54, 1.807) is 18.3 Å². The summed E-state index contributed by atoms with van der Waals surface area (Å²) in [4.78, 5) is 18.4. The Labute approximate surface area is 107 Å². The van der Waals surface area contributed by atoms with E-state index >= 15 is 0 Å². The topological polar surface area (TPSA) is 59.2 Å². The van der Waals surface area contributed by atoms with Gasteiger partial charge in [-0.15, -0.1) is 0 Å². The van der Waals surface area contributed by atoms with Gasteiger partial charge in [-0.05, 0) is 36.8 Å². The molecule has 2 unspecified atom stereocenters. The van der Waals surface area contributed by atoms with Crippen molar-refractivity contribution in [1.29, 1.82) is 0 Å². The summed E-state index contributed by atoms with van der Waals surface area (Å²) < 4.78 is 0. The molecule has 1 aliphatic carbocycles. The Morgan fingerprint density at radius 3 is 2.44 bits per heavy atom. The highest BCUT2D eigenvalue weighted by atomic mass is 16.2. The molecule has 2 N–H and O–H groups in total. The average molecular weight is 245 g/mol. The third-order valence-electron chi connectivity index (χ3n) is 4.27. The van der Waals surface area contributed by atoms with Crippen molar-refractivity contribution in [2.45, 2.75) is 25.7 Å². The lowest BCUT2D eigenvalue weighted by molar-refractivity contribution is 0.0778. The zero-order valence-corrected chi connectivity index (χ0v) is 10.5. The molecule has 18 heavy (non-hydrogen) atoms. The molecule has 3 rings (SSSR count). The van der Waals surface area contributed by atoms with Gasteiger partial charge in [0.2, 0.25) is 0 Å². The van der Waals surface area contributed by atoms with E-state index in [0.717, 1.165) is 24.9 Å². The van der Waals surface area contributed by atoms with Gasteiger partial charge >= 0.3 is 0 Å². The van der Waals surface area contributed by atoms with Gasteiger partial charge in [-0.1, -0.05) is 12.8 Å². The fourth-order valence-electron chi connectivity index (χ4n) is 3.27. The number of fused-ring (bicyclic) bond motifs is 1. The fourth-order valence-corrected chi connectivity index (χ4v) is 3.27. The minimum atomic E-state index is 0.0596. The molecule has 0 bridgehead atoms. The molecule has 0 radical (unpaired) electrons. The minimum Gasteiger partial charge on any atom is -0.397 e. The molecule has 1 amide bonds. The normalized spacial score (nSPS) is 27.0. The fraction of sp³-hybridized carbons (Fsp3) is 0.571. The van der Waals surface area contributed by atoms with Crippen molar-refractivity contribution in [2.24, 2.45) is 11.8 Å². The second kappa shape index (κ2) is 4.59. The van der Waals surface area contributed by atoms with Gasteiger partial charge in [-0.25, -0.2) is 4.98 Å². The first kappa shape index (κ1) is 11.5. The van der Waals surface area contributed by atoms with Crippen LogP contribution in [0, 0.1) is 11.8 Å². The zero-order valence-electron chi connectivity index (χ0n) is 10.5. The number of carbonyl (C=O) groups is 1. The predicted molar refractivity (Wildman–Crippen MR) is 70.0 cm³/mol. The number of anilines is 1. The maximum Gasteiger partial charge on any atom is 0.272 e. The van der Waals surface area contributed by atoms with E-state index in [1.807, 2.05) is 4.90 Å². The van der Waals surface area contributed by atoms with Crippen LogP contribution in [0.2, 0.25) is 0 Å². The lowest BCUT2D eigenvalue weighted by Crippen LogP contribution is -2.29. The van der Waals surface area contributed by atoms with Crippen molar-refractivity contribution in [1.82, 2.24) is 9.88 Å². The quantitative estimate of drug-likeness (QED) is 0.822. The lowest BCUT2D eigenvalue weighted by Gasteiger charge is -2.22. The molecule has 1 saturated heterocycles. The third-order valence-corrected chi connectivity index (χ3v) is 4.27. The van der Waals surface area contributed by atoms with E-state index in [0.29, 0.717) is 11.4 Å². The summed E-state index contributed by atoms with van der Waals surface area (Å²) >= 11 is 0. The largest absolute Gasteiger partial charge is 0.397 e. The van der Waals surface area contributed by atoms with Crippen LogP contribution in [-0.4, -0.2) is 28.9 Å². The molecule has 1 aromatic heterocycles. The molecule has 2 heterocycles. The number of hydrogen-bond donors (Lipinski definition) is 1. The van der Waals surface area contributed by atoms with Crippen LogP contribution in [0.1, 0.15) is 36.2 Å². The van der Waals surface area contributed by atoms with Crippen molar-refractivity contribution in [3.05, 3.63) is 24.0 Å². The molecule has 1 saturated carbocycles.